The number of nitrogens with zero attached hydrogens (tertiary/aromatic N) is 3. The minimum atomic E-state index is 0.511. The first-order valence-corrected chi connectivity index (χ1v) is 4.77. The molecule has 0 radical (unpaired) electrons. The summed E-state index contributed by atoms with van der Waals surface area (Å²) in [6.45, 7) is 6.44. The van der Waals surface area contributed by atoms with E-state index < -0.39 is 0 Å². The molecular weight excluding hydrogens is 162 g/mol. The van der Waals surface area contributed by atoms with Gasteiger partial charge >= 0.3 is 0 Å². The fraction of sp³-hybridized carbons (Fsp3) is 0.700. The Kier molecular flexibility index (Phi) is 3.48. The van der Waals surface area contributed by atoms with Gasteiger partial charge in [0.2, 0.25) is 0 Å². The highest BCUT2D eigenvalue weighted by molar-refractivity contribution is 4.97. The van der Waals surface area contributed by atoms with E-state index in [1.165, 1.54) is 5.82 Å². The molecule has 0 saturated heterocycles. The van der Waals surface area contributed by atoms with Crippen LogP contribution in [0.4, 0.5) is 0 Å². The molecule has 0 saturated carbocycles. The maximum atomic E-state index is 4.34. The quantitative estimate of drug-likeness (QED) is 0.703. The molecule has 0 atom stereocenters. The predicted molar refractivity (Wildman–Crippen MR) is 54.9 cm³/mol. The summed E-state index contributed by atoms with van der Waals surface area (Å²) in [7, 11) is 4.18. The van der Waals surface area contributed by atoms with Gasteiger partial charge in [-0.2, -0.15) is 0 Å². The highest BCUT2D eigenvalue weighted by Crippen LogP contribution is 2.11. The largest absolute Gasteiger partial charge is 0.333 e. The predicted octanol–water partition coefficient (Wildman–Crippen LogP) is 1.57. The molecule has 0 fully saturated rings. The van der Waals surface area contributed by atoms with E-state index in [1.807, 2.05) is 6.20 Å². The maximum absolute atomic E-state index is 4.34. The van der Waals surface area contributed by atoms with E-state index >= 15 is 0 Å². The molecule has 1 heterocycles. The van der Waals surface area contributed by atoms with Gasteiger partial charge in [-0.3, -0.25) is 0 Å². The second-order valence-electron chi connectivity index (χ2n) is 3.94. The molecule has 0 bridgehead atoms. The average molecular weight is 181 g/mol. The first-order valence-electron chi connectivity index (χ1n) is 4.77. The van der Waals surface area contributed by atoms with Crippen LogP contribution < -0.4 is 0 Å². The van der Waals surface area contributed by atoms with Crippen molar-refractivity contribution >= 4 is 0 Å². The third-order valence-corrected chi connectivity index (χ3v) is 2.05. The summed E-state index contributed by atoms with van der Waals surface area (Å²) in [5.41, 5.74) is 0. The lowest BCUT2D eigenvalue weighted by Crippen LogP contribution is -2.19. The molecule has 0 aromatic carbocycles. The van der Waals surface area contributed by atoms with E-state index in [9.17, 15) is 0 Å². The van der Waals surface area contributed by atoms with Crippen LogP contribution in [0.1, 0.15) is 25.6 Å². The number of rotatable bonds is 4. The van der Waals surface area contributed by atoms with Crippen LogP contribution in [0.5, 0.6) is 0 Å². The molecule has 13 heavy (non-hydrogen) atoms. The summed E-state index contributed by atoms with van der Waals surface area (Å²) in [6.07, 6.45) is 3.93. The molecule has 0 spiro atoms. The van der Waals surface area contributed by atoms with Crippen LogP contribution in [-0.2, 0) is 6.54 Å². The third-order valence-electron chi connectivity index (χ3n) is 2.05. The molecule has 0 unspecified atom stereocenters. The number of likely N-dealkylation sites (N-methyl/N-ethyl adjacent to an activating group) is 1. The second kappa shape index (κ2) is 4.42. The summed E-state index contributed by atoms with van der Waals surface area (Å²) in [5.74, 6) is 1.69. The fourth-order valence-corrected chi connectivity index (χ4v) is 1.32. The van der Waals surface area contributed by atoms with E-state index in [2.05, 4.69) is 48.6 Å². The zero-order valence-corrected chi connectivity index (χ0v) is 8.99. The van der Waals surface area contributed by atoms with Crippen molar-refractivity contribution in [2.45, 2.75) is 26.3 Å². The first-order chi connectivity index (χ1) is 6.11. The Morgan fingerprint density at radius 1 is 1.46 bits per heavy atom. The zero-order valence-electron chi connectivity index (χ0n) is 8.99. The van der Waals surface area contributed by atoms with Gasteiger partial charge in [0, 0.05) is 31.4 Å². The van der Waals surface area contributed by atoms with Crippen molar-refractivity contribution in [1.29, 1.82) is 0 Å². The molecule has 0 aliphatic rings. The molecule has 1 aromatic rings. The lowest BCUT2D eigenvalue weighted by atomic mass is 10.2. The van der Waals surface area contributed by atoms with E-state index in [1.54, 1.807) is 0 Å². The van der Waals surface area contributed by atoms with Crippen LogP contribution in [0.2, 0.25) is 0 Å². The van der Waals surface area contributed by atoms with Crippen LogP contribution in [0, 0.1) is 0 Å². The molecule has 0 N–H and O–H groups in total. The van der Waals surface area contributed by atoms with Gasteiger partial charge in [-0.1, -0.05) is 13.8 Å². The molecule has 1 aromatic heterocycles. The fourth-order valence-electron chi connectivity index (χ4n) is 1.32. The molecular formula is C10H19N3. The van der Waals surface area contributed by atoms with Crippen molar-refractivity contribution in [3.63, 3.8) is 0 Å². The first kappa shape index (κ1) is 10.3. The Morgan fingerprint density at radius 2 is 2.15 bits per heavy atom. The Bertz CT molecular complexity index is 250. The molecule has 1 rings (SSSR count). The smallest absolute Gasteiger partial charge is 0.111 e. The Balaban J connectivity index is 2.60. The van der Waals surface area contributed by atoms with Crippen LogP contribution in [0.25, 0.3) is 0 Å². The number of aromatic nitrogens is 2. The summed E-state index contributed by atoms with van der Waals surface area (Å²) >= 11 is 0. The van der Waals surface area contributed by atoms with Crippen molar-refractivity contribution in [2.75, 3.05) is 20.6 Å². The van der Waals surface area contributed by atoms with Gasteiger partial charge < -0.3 is 9.47 Å². The van der Waals surface area contributed by atoms with Crippen LogP contribution in [0.3, 0.4) is 0 Å². The lowest BCUT2D eigenvalue weighted by Gasteiger charge is -2.13. The Labute approximate surface area is 80.4 Å². The molecule has 3 nitrogen and oxygen atoms in total. The highest BCUT2D eigenvalue weighted by Gasteiger charge is 2.06. The number of imidazole rings is 1. The zero-order chi connectivity index (χ0) is 9.84. The van der Waals surface area contributed by atoms with Crippen molar-refractivity contribution in [1.82, 2.24) is 14.5 Å². The van der Waals surface area contributed by atoms with E-state index in [-0.39, 0.29) is 0 Å². The molecule has 3 heteroatoms. The van der Waals surface area contributed by atoms with Crippen molar-refractivity contribution < 1.29 is 0 Å². The summed E-state index contributed by atoms with van der Waals surface area (Å²) in [6, 6.07) is 0. The van der Waals surface area contributed by atoms with Crippen molar-refractivity contribution in [3.8, 4) is 0 Å². The second-order valence-corrected chi connectivity index (χ2v) is 3.94. The molecule has 0 amide bonds. The lowest BCUT2D eigenvalue weighted by molar-refractivity contribution is 0.379. The minimum absolute atomic E-state index is 0.511. The monoisotopic (exact) mass is 181 g/mol. The summed E-state index contributed by atoms with van der Waals surface area (Å²) < 4.78 is 2.23. The molecule has 0 aliphatic carbocycles. The Hall–Kier alpha value is -0.830. The Morgan fingerprint density at radius 3 is 2.69 bits per heavy atom. The van der Waals surface area contributed by atoms with E-state index in [0.717, 1.165) is 13.1 Å². The maximum Gasteiger partial charge on any atom is 0.111 e. The molecule has 0 aliphatic heterocycles. The number of hydrogen-bond donors (Lipinski definition) is 0. The van der Waals surface area contributed by atoms with Gasteiger partial charge in [0.05, 0.1) is 0 Å². The average Bonchev–Trinajstić information content (AvgIpc) is 2.47. The van der Waals surface area contributed by atoms with Crippen LogP contribution in [-0.4, -0.2) is 35.1 Å². The van der Waals surface area contributed by atoms with E-state index in [4.69, 9.17) is 0 Å². The number of hydrogen-bond acceptors (Lipinski definition) is 2. The summed E-state index contributed by atoms with van der Waals surface area (Å²) in [4.78, 5) is 6.52. The summed E-state index contributed by atoms with van der Waals surface area (Å²) in [5, 5.41) is 0. The van der Waals surface area contributed by atoms with Crippen LogP contribution in [0.15, 0.2) is 12.4 Å². The van der Waals surface area contributed by atoms with Gasteiger partial charge in [-0.05, 0) is 14.1 Å². The van der Waals surface area contributed by atoms with Gasteiger partial charge in [-0.15, -0.1) is 0 Å². The van der Waals surface area contributed by atoms with Gasteiger partial charge in [0.25, 0.3) is 0 Å². The topological polar surface area (TPSA) is 21.1 Å². The van der Waals surface area contributed by atoms with Gasteiger partial charge in [-0.25, -0.2) is 4.98 Å². The standard InChI is InChI=1S/C10H19N3/c1-9(2)10-11-5-6-13(10)8-7-12(3)4/h5-6,9H,7-8H2,1-4H3. The van der Waals surface area contributed by atoms with Gasteiger partial charge in [0.1, 0.15) is 5.82 Å². The third kappa shape index (κ3) is 2.84. The minimum Gasteiger partial charge on any atom is -0.333 e. The normalized spacial score (nSPS) is 11.5. The van der Waals surface area contributed by atoms with Crippen molar-refractivity contribution in [3.05, 3.63) is 18.2 Å². The van der Waals surface area contributed by atoms with Crippen molar-refractivity contribution in [2.24, 2.45) is 0 Å². The van der Waals surface area contributed by atoms with Gasteiger partial charge in [0.15, 0.2) is 0 Å². The SMILES string of the molecule is CC(C)c1nccn1CCN(C)C. The van der Waals surface area contributed by atoms with E-state index in [0.29, 0.717) is 5.92 Å². The van der Waals surface area contributed by atoms with Crippen LogP contribution >= 0.6 is 0 Å². The molecule has 74 valence electrons. The highest BCUT2D eigenvalue weighted by atomic mass is 15.1.